The highest BCUT2D eigenvalue weighted by Gasteiger charge is 2.38. The molecule has 1 saturated carbocycles. The van der Waals surface area contributed by atoms with Crippen molar-refractivity contribution in [2.45, 2.75) is 31.7 Å². The smallest absolute Gasteiger partial charge is 0.220 e. The number of carbonyl (C=O) groups excluding carboxylic acids is 1. The molecule has 0 radical (unpaired) electrons. The van der Waals surface area contributed by atoms with Gasteiger partial charge in [0.2, 0.25) is 5.91 Å². The molecule has 2 fully saturated rings. The molecule has 2 atom stereocenters. The molecule has 0 spiro atoms. The van der Waals surface area contributed by atoms with Crippen molar-refractivity contribution in [3.05, 3.63) is 0 Å². The van der Waals surface area contributed by atoms with E-state index in [2.05, 4.69) is 5.32 Å². The number of amides is 1. The van der Waals surface area contributed by atoms with E-state index in [4.69, 9.17) is 5.73 Å². The molecule has 0 aromatic carbocycles. The molecule has 3 heteroatoms. The lowest BCUT2D eigenvalue weighted by Gasteiger charge is -2.21. The zero-order chi connectivity index (χ0) is 8.55. The summed E-state index contributed by atoms with van der Waals surface area (Å²) in [5.74, 6) is 1.56. The fourth-order valence-electron chi connectivity index (χ4n) is 2.17. The largest absolute Gasteiger partial charge is 0.353 e. The molecular weight excluding hydrogens is 152 g/mol. The molecule has 3 N–H and O–H groups in total. The summed E-state index contributed by atoms with van der Waals surface area (Å²) in [7, 11) is 0. The Hall–Kier alpha value is -0.570. The second-order valence-electron chi connectivity index (χ2n) is 3.95. The summed E-state index contributed by atoms with van der Waals surface area (Å²) >= 11 is 0. The Balaban J connectivity index is 1.92. The van der Waals surface area contributed by atoms with Gasteiger partial charge in [-0.25, -0.2) is 0 Å². The Morgan fingerprint density at radius 3 is 2.67 bits per heavy atom. The minimum Gasteiger partial charge on any atom is -0.353 e. The normalized spacial score (nSPS) is 31.8. The molecule has 3 nitrogen and oxygen atoms in total. The van der Waals surface area contributed by atoms with Gasteiger partial charge < -0.3 is 11.1 Å². The van der Waals surface area contributed by atoms with Crippen molar-refractivity contribution in [1.29, 1.82) is 0 Å². The first-order valence-electron chi connectivity index (χ1n) is 4.80. The van der Waals surface area contributed by atoms with Crippen LogP contribution in [-0.4, -0.2) is 18.5 Å². The number of carbonyl (C=O) groups is 1. The molecule has 68 valence electrons. The fourth-order valence-corrected chi connectivity index (χ4v) is 2.17. The van der Waals surface area contributed by atoms with Crippen molar-refractivity contribution in [1.82, 2.24) is 5.32 Å². The van der Waals surface area contributed by atoms with E-state index in [1.54, 1.807) is 0 Å². The SMILES string of the molecule is NCC(C1CC1)C1CCC(=O)N1. The lowest BCUT2D eigenvalue weighted by atomic mass is 9.93. The molecule has 1 amide bonds. The molecule has 1 aliphatic heterocycles. The topological polar surface area (TPSA) is 55.1 Å². The Kier molecular flexibility index (Phi) is 2.05. The molecule has 1 saturated heterocycles. The molecule has 0 aromatic rings. The van der Waals surface area contributed by atoms with E-state index in [9.17, 15) is 4.79 Å². The van der Waals surface area contributed by atoms with Gasteiger partial charge >= 0.3 is 0 Å². The monoisotopic (exact) mass is 168 g/mol. The lowest BCUT2D eigenvalue weighted by molar-refractivity contribution is -0.119. The molecule has 0 aromatic heterocycles. The van der Waals surface area contributed by atoms with E-state index >= 15 is 0 Å². The number of nitrogens with two attached hydrogens (primary N) is 1. The molecule has 12 heavy (non-hydrogen) atoms. The molecule has 1 aliphatic carbocycles. The van der Waals surface area contributed by atoms with Crippen LogP contribution in [0.3, 0.4) is 0 Å². The van der Waals surface area contributed by atoms with Crippen molar-refractivity contribution in [2.75, 3.05) is 6.54 Å². The van der Waals surface area contributed by atoms with Crippen LogP contribution in [0.25, 0.3) is 0 Å². The van der Waals surface area contributed by atoms with Crippen LogP contribution in [0.4, 0.5) is 0 Å². The van der Waals surface area contributed by atoms with E-state index < -0.39 is 0 Å². The summed E-state index contributed by atoms with van der Waals surface area (Å²) in [6.07, 6.45) is 4.33. The zero-order valence-corrected chi connectivity index (χ0v) is 7.25. The zero-order valence-electron chi connectivity index (χ0n) is 7.25. The molecular formula is C9H16N2O. The second-order valence-corrected chi connectivity index (χ2v) is 3.95. The number of nitrogens with one attached hydrogen (secondary N) is 1. The highest BCUT2D eigenvalue weighted by molar-refractivity contribution is 5.78. The maximum atomic E-state index is 11.0. The van der Waals surface area contributed by atoms with E-state index in [1.807, 2.05) is 0 Å². The van der Waals surface area contributed by atoms with E-state index in [-0.39, 0.29) is 5.91 Å². The van der Waals surface area contributed by atoms with Crippen LogP contribution in [0.1, 0.15) is 25.7 Å². The molecule has 1 heterocycles. The average Bonchev–Trinajstić information content (AvgIpc) is 2.78. The van der Waals surface area contributed by atoms with E-state index in [0.29, 0.717) is 18.4 Å². The van der Waals surface area contributed by atoms with Crippen LogP contribution < -0.4 is 11.1 Å². The Bertz CT molecular complexity index is 189. The Morgan fingerprint density at radius 1 is 1.50 bits per heavy atom. The van der Waals surface area contributed by atoms with Crippen molar-refractivity contribution in [3.63, 3.8) is 0 Å². The van der Waals surface area contributed by atoms with Crippen molar-refractivity contribution < 1.29 is 4.79 Å². The minimum absolute atomic E-state index is 0.208. The summed E-state index contributed by atoms with van der Waals surface area (Å²) in [5, 5.41) is 3.01. The standard InChI is InChI=1S/C9H16N2O/c10-5-7(6-1-2-6)8-3-4-9(12)11-8/h6-8H,1-5,10H2,(H,11,12). The third-order valence-corrected chi connectivity index (χ3v) is 3.05. The maximum absolute atomic E-state index is 11.0. The van der Waals surface area contributed by atoms with E-state index in [0.717, 1.165) is 18.9 Å². The Morgan fingerprint density at radius 2 is 2.25 bits per heavy atom. The van der Waals surface area contributed by atoms with Crippen LogP contribution >= 0.6 is 0 Å². The number of hydrogen-bond donors (Lipinski definition) is 2. The van der Waals surface area contributed by atoms with E-state index in [1.165, 1.54) is 12.8 Å². The number of hydrogen-bond acceptors (Lipinski definition) is 2. The van der Waals surface area contributed by atoms with Crippen LogP contribution in [0.5, 0.6) is 0 Å². The first-order valence-corrected chi connectivity index (χ1v) is 4.80. The van der Waals surface area contributed by atoms with Gasteiger partial charge in [0, 0.05) is 12.5 Å². The van der Waals surface area contributed by atoms with Crippen molar-refractivity contribution >= 4 is 5.91 Å². The second kappa shape index (κ2) is 3.05. The Labute approximate surface area is 72.7 Å². The van der Waals surface area contributed by atoms with Gasteiger partial charge in [-0.2, -0.15) is 0 Å². The predicted molar refractivity (Wildman–Crippen MR) is 46.4 cm³/mol. The van der Waals surface area contributed by atoms with Gasteiger partial charge in [-0.3, -0.25) is 4.79 Å². The summed E-state index contributed by atoms with van der Waals surface area (Å²) < 4.78 is 0. The summed E-state index contributed by atoms with van der Waals surface area (Å²) in [6.45, 7) is 0.732. The molecule has 0 bridgehead atoms. The fraction of sp³-hybridized carbons (Fsp3) is 0.889. The number of rotatable bonds is 3. The quantitative estimate of drug-likeness (QED) is 0.634. The maximum Gasteiger partial charge on any atom is 0.220 e. The van der Waals surface area contributed by atoms with Crippen LogP contribution in [-0.2, 0) is 4.79 Å². The summed E-state index contributed by atoms with van der Waals surface area (Å²) in [6, 6.07) is 0.384. The predicted octanol–water partition coefficient (Wildman–Crippen LogP) is 0.250. The van der Waals surface area contributed by atoms with Gasteiger partial charge in [-0.15, -0.1) is 0 Å². The van der Waals surface area contributed by atoms with Gasteiger partial charge in [0.25, 0.3) is 0 Å². The van der Waals surface area contributed by atoms with Crippen LogP contribution in [0.15, 0.2) is 0 Å². The van der Waals surface area contributed by atoms with Crippen molar-refractivity contribution in [3.8, 4) is 0 Å². The summed E-state index contributed by atoms with van der Waals surface area (Å²) in [5.41, 5.74) is 5.69. The van der Waals surface area contributed by atoms with Crippen LogP contribution in [0, 0.1) is 11.8 Å². The summed E-state index contributed by atoms with van der Waals surface area (Å²) in [4.78, 5) is 11.0. The lowest BCUT2D eigenvalue weighted by Crippen LogP contribution is -2.38. The highest BCUT2D eigenvalue weighted by Crippen LogP contribution is 2.39. The van der Waals surface area contributed by atoms with Crippen LogP contribution in [0.2, 0.25) is 0 Å². The molecule has 2 aliphatic rings. The highest BCUT2D eigenvalue weighted by atomic mass is 16.1. The van der Waals surface area contributed by atoms with Gasteiger partial charge in [-0.1, -0.05) is 0 Å². The van der Waals surface area contributed by atoms with Gasteiger partial charge in [0.1, 0.15) is 0 Å². The van der Waals surface area contributed by atoms with Gasteiger partial charge in [-0.05, 0) is 37.6 Å². The minimum atomic E-state index is 0.208. The average molecular weight is 168 g/mol. The van der Waals surface area contributed by atoms with Gasteiger partial charge in [0.05, 0.1) is 0 Å². The first kappa shape index (κ1) is 8.05. The molecule has 2 unspecified atom stereocenters. The third-order valence-electron chi connectivity index (χ3n) is 3.05. The molecule has 2 rings (SSSR count). The van der Waals surface area contributed by atoms with Gasteiger partial charge in [0.15, 0.2) is 0 Å². The first-order chi connectivity index (χ1) is 5.81. The third kappa shape index (κ3) is 1.46. The van der Waals surface area contributed by atoms with Crippen molar-refractivity contribution in [2.24, 2.45) is 17.6 Å².